The number of fused-ring (bicyclic) bond motifs is 4. The second kappa shape index (κ2) is 10.4. The monoisotopic (exact) mass is 553 g/mol. The molecule has 8 heteroatoms. The van der Waals surface area contributed by atoms with E-state index in [1.807, 2.05) is 24.3 Å². The Morgan fingerprint density at radius 3 is 2.58 bits per heavy atom. The van der Waals surface area contributed by atoms with E-state index in [9.17, 15) is 9.59 Å². The maximum Gasteiger partial charge on any atom is 0.228 e. The predicted molar refractivity (Wildman–Crippen MR) is 163 cm³/mol. The summed E-state index contributed by atoms with van der Waals surface area (Å²) in [5, 5.41) is 5.97. The number of anilines is 2. The van der Waals surface area contributed by atoms with Crippen molar-refractivity contribution in [3.05, 3.63) is 70.9 Å². The number of morpholine rings is 1. The maximum absolute atomic E-state index is 13.1. The fourth-order valence-electron chi connectivity index (χ4n) is 6.03. The molecule has 1 N–H and O–H groups in total. The summed E-state index contributed by atoms with van der Waals surface area (Å²) < 4.78 is 14.2. The van der Waals surface area contributed by atoms with E-state index in [0.29, 0.717) is 43.2 Å². The summed E-state index contributed by atoms with van der Waals surface area (Å²) in [7, 11) is 2.07. The highest BCUT2D eigenvalue weighted by Gasteiger charge is 2.24. The SMILES string of the molecule is CN1CCC[C@H](C(=O)Nc2ccc3sc4c(-c5cccc6c(=O)cc(N7CCOCC7)oc56)cccc4c3c2)C1. The van der Waals surface area contributed by atoms with Crippen LogP contribution in [0.5, 0.6) is 0 Å². The van der Waals surface area contributed by atoms with Crippen LogP contribution in [-0.4, -0.2) is 57.2 Å². The van der Waals surface area contributed by atoms with Gasteiger partial charge in [-0.05, 0) is 50.7 Å². The van der Waals surface area contributed by atoms with E-state index < -0.39 is 0 Å². The number of carbonyl (C=O) groups is 1. The van der Waals surface area contributed by atoms with E-state index >= 15 is 0 Å². The lowest BCUT2D eigenvalue weighted by molar-refractivity contribution is -0.121. The van der Waals surface area contributed by atoms with Gasteiger partial charge in [0.25, 0.3) is 0 Å². The molecule has 0 bridgehead atoms. The molecule has 0 spiro atoms. The fraction of sp³-hybridized carbons (Fsp3) is 0.312. The lowest BCUT2D eigenvalue weighted by Crippen LogP contribution is -2.38. The van der Waals surface area contributed by atoms with E-state index in [4.69, 9.17) is 9.15 Å². The highest BCUT2D eigenvalue weighted by Crippen LogP contribution is 2.42. The van der Waals surface area contributed by atoms with Crippen molar-refractivity contribution in [3.63, 3.8) is 0 Å². The summed E-state index contributed by atoms with van der Waals surface area (Å²) in [6.07, 6.45) is 1.98. The first kappa shape index (κ1) is 25.3. The van der Waals surface area contributed by atoms with Crippen LogP contribution in [0.4, 0.5) is 11.6 Å². The minimum atomic E-state index is -0.0438. The molecule has 0 aliphatic carbocycles. The molecule has 2 fully saturated rings. The highest BCUT2D eigenvalue weighted by molar-refractivity contribution is 7.26. The number of piperidine rings is 1. The van der Waals surface area contributed by atoms with Crippen LogP contribution in [0.2, 0.25) is 0 Å². The Hall–Kier alpha value is -3.72. The van der Waals surface area contributed by atoms with Gasteiger partial charge >= 0.3 is 0 Å². The molecule has 7 rings (SSSR count). The number of ether oxygens (including phenoxy) is 1. The number of nitrogens with one attached hydrogen (secondary N) is 1. The lowest BCUT2D eigenvalue weighted by atomic mass is 9.97. The third kappa shape index (κ3) is 4.56. The molecule has 5 aromatic rings. The van der Waals surface area contributed by atoms with Gasteiger partial charge in [-0.15, -0.1) is 11.3 Å². The molecular weight excluding hydrogens is 522 g/mol. The first-order valence-corrected chi connectivity index (χ1v) is 14.7. The average Bonchev–Trinajstić information content (AvgIpc) is 3.35. The molecule has 2 saturated heterocycles. The zero-order valence-electron chi connectivity index (χ0n) is 22.4. The number of hydrogen-bond acceptors (Lipinski definition) is 7. The minimum absolute atomic E-state index is 0.0173. The van der Waals surface area contributed by atoms with E-state index in [0.717, 1.165) is 62.9 Å². The molecule has 2 aromatic heterocycles. The minimum Gasteiger partial charge on any atom is -0.440 e. The Labute approximate surface area is 235 Å². The molecule has 1 amide bonds. The van der Waals surface area contributed by atoms with Crippen LogP contribution in [0.15, 0.2) is 69.9 Å². The van der Waals surface area contributed by atoms with Gasteiger partial charge in [0.15, 0.2) is 11.3 Å². The summed E-state index contributed by atoms with van der Waals surface area (Å²) in [6, 6.07) is 19.8. The standard InChI is InChI=1S/C32H31N3O4S/c1-34-12-4-5-20(19-34)32(37)33-21-10-11-28-26(17-21)24-8-3-7-23(31(24)40-28)22-6-2-9-25-27(36)18-29(39-30(22)25)35-13-15-38-16-14-35/h2-3,6-11,17-18,20H,4-5,12-16,19H2,1H3,(H,33,37)/t20-/m0/s1. The smallest absolute Gasteiger partial charge is 0.228 e. The van der Waals surface area contributed by atoms with Crippen molar-refractivity contribution in [2.24, 2.45) is 5.92 Å². The molecule has 0 unspecified atom stereocenters. The van der Waals surface area contributed by atoms with E-state index in [1.165, 1.54) is 0 Å². The van der Waals surface area contributed by atoms with Gasteiger partial charge in [-0.2, -0.15) is 0 Å². The van der Waals surface area contributed by atoms with E-state index in [2.05, 4.69) is 52.5 Å². The Kier molecular flexibility index (Phi) is 6.54. The van der Waals surface area contributed by atoms with Gasteiger partial charge in [-0.3, -0.25) is 9.59 Å². The molecule has 2 aliphatic heterocycles. The maximum atomic E-state index is 13.1. The third-order valence-corrected chi connectivity index (χ3v) is 9.33. The number of likely N-dealkylation sites (tertiary alicyclic amines) is 1. The van der Waals surface area contributed by atoms with Gasteiger partial charge in [-0.1, -0.05) is 30.3 Å². The summed E-state index contributed by atoms with van der Waals surface area (Å²) in [5.41, 5.74) is 3.31. The summed E-state index contributed by atoms with van der Waals surface area (Å²) >= 11 is 1.72. The molecule has 40 heavy (non-hydrogen) atoms. The Balaban J connectivity index is 1.30. The number of hydrogen-bond donors (Lipinski definition) is 1. The van der Waals surface area contributed by atoms with Gasteiger partial charge in [0.1, 0.15) is 5.58 Å². The van der Waals surface area contributed by atoms with Gasteiger partial charge in [0.05, 0.1) is 24.5 Å². The van der Waals surface area contributed by atoms with Crippen LogP contribution in [0.25, 0.3) is 42.3 Å². The van der Waals surface area contributed by atoms with Crippen molar-refractivity contribution in [1.29, 1.82) is 0 Å². The molecule has 0 saturated carbocycles. The Morgan fingerprint density at radius 2 is 1.75 bits per heavy atom. The van der Waals surface area contributed by atoms with Crippen LogP contribution < -0.4 is 15.6 Å². The van der Waals surface area contributed by atoms with Crippen molar-refractivity contribution < 1.29 is 13.9 Å². The van der Waals surface area contributed by atoms with Gasteiger partial charge in [-0.25, -0.2) is 0 Å². The number of thiophene rings is 1. The first-order chi connectivity index (χ1) is 19.5. The zero-order valence-corrected chi connectivity index (χ0v) is 23.3. The lowest BCUT2D eigenvalue weighted by Gasteiger charge is -2.28. The van der Waals surface area contributed by atoms with E-state index in [1.54, 1.807) is 17.4 Å². The molecule has 204 valence electrons. The second-order valence-corrected chi connectivity index (χ2v) is 11.9. The molecule has 1 atom stereocenters. The van der Waals surface area contributed by atoms with Crippen molar-refractivity contribution in [3.8, 4) is 11.1 Å². The van der Waals surface area contributed by atoms with Crippen LogP contribution in [0, 0.1) is 5.92 Å². The van der Waals surface area contributed by atoms with Crippen LogP contribution in [0.3, 0.4) is 0 Å². The number of para-hydroxylation sites is 1. The molecular formula is C32H31N3O4S. The first-order valence-electron chi connectivity index (χ1n) is 13.9. The molecule has 0 radical (unpaired) electrons. The molecule has 2 aliphatic rings. The van der Waals surface area contributed by atoms with E-state index in [-0.39, 0.29) is 17.3 Å². The fourth-order valence-corrected chi connectivity index (χ4v) is 7.24. The molecule has 3 aromatic carbocycles. The second-order valence-electron chi connectivity index (χ2n) is 10.8. The van der Waals surface area contributed by atoms with Crippen molar-refractivity contribution in [2.45, 2.75) is 12.8 Å². The van der Waals surface area contributed by atoms with Crippen molar-refractivity contribution in [2.75, 3.05) is 56.7 Å². The van der Waals surface area contributed by atoms with Crippen LogP contribution in [-0.2, 0) is 9.53 Å². The third-order valence-electron chi connectivity index (χ3n) is 8.11. The summed E-state index contributed by atoms with van der Waals surface area (Å²) in [4.78, 5) is 30.4. The van der Waals surface area contributed by atoms with Gasteiger partial charge < -0.3 is 24.3 Å². The highest BCUT2D eigenvalue weighted by atomic mass is 32.1. The number of rotatable bonds is 4. The number of nitrogens with zero attached hydrogens (tertiary/aromatic N) is 2. The van der Waals surface area contributed by atoms with Crippen molar-refractivity contribution in [1.82, 2.24) is 4.90 Å². The number of benzene rings is 3. The summed E-state index contributed by atoms with van der Waals surface area (Å²) in [5.74, 6) is 0.693. The Bertz CT molecular complexity index is 1800. The quantitative estimate of drug-likeness (QED) is 0.297. The Morgan fingerprint density at radius 1 is 0.950 bits per heavy atom. The largest absolute Gasteiger partial charge is 0.440 e. The van der Waals surface area contributed by atoms with Gasteiger partial charge in [0.2, 0.25) is 5.91 Å². The molecule has 4 heterocycles. The normalized spacial score (nSPS) is 18.5. The predicted octanol–water partition coefficient (Wildman–Crippen LogP) is 5.94. The number of amides is 1. The molecule has 7 nitrogen and oxygen atoms in total. The van der Waals surface area contributed by atoms with Crippen LogP contribution >= 0.6 is 11.3 Å². The van der Waals surface area contributed by atoms with Gasteiger partial charge in [0, 0.05) is 62.7 Å². The average molecular weight is 554 g/mol. The summed E-state index contributed by atoms with van der Waals surface area (Å²) in [6.45, 7) is 4.47. The zero-order chi connectivity index (χ0) is 27.2. The van der Waals surface area contributed by atoms with Crippen molar-refractivity contribution >= 4 is 60.0 Å². The van der Waals surface area contributed by atoms with Crippen LogP contribution in [0.1, 0.15) is 12.8 Å². The topological polar surface area (TPSA) is 75.0 Å². The number of carbonyl (C=O) groups excluding carboxylic acids is 1.